The summed E-state index contributed by atoms with van der Waals surface area (Å²) >= 11 is 11.7. The minimum Gasteiger partial charge on any atom is -0.482 e. The van der Waals surface area contributed by atoms with Crippen LogP contribution in [0.1, 0.15) is 5.69 Å². The van der Waals surface area contributed by atoms with Crippen LogP contribution in [0.15, 0.2) is 47.0 Å². The van der Waals surface area contributed by atoms with Gasteiger partial charge in [-0.15, -0.1) is 0 Å². The molecule has 0 fully saturated rings. The molecule has 9 heteroatoms. The minimum absolute atomic E-state index is 0.0445. The summed E-state index contributed by atoms with van der Waals surface area (Å²) in [7, 11) is 0. The number of carbonyl (C=O) groups is 1. The van der Waals surface area contributed by atoms with E-state index in [0.717, 1.165) is 12.1 Å². The van der Waals surface area contributed by atoms with E-state index < -0.39 is 17.5 Å². The van der Waals surface area contributed by atoms with Gasteiger partial charge in [-0.2, -0.15) is 0 Å². The Labute approximate surface area is 162 Å². The van der Waals surface area contributed by atoms with E-state index >= 15 is 0 Å². The molecular weight excluding hydrogens is 401 g/mol. The first-order valence-electron chi connectivity index (χ1n) is 7.68. The molecule has 0 bridgehead atoms. The van der Waals surface area contributed by atoms with E-state index in [2.05, 4.69) is 10.5 Å². The lowest BCUT2D eigenvalue weighted by Crippen LogP contribution is -2.28. The number of carbonyl (C=O) groups excluding carboxylic acids is 1. The monoisotopic (exact) mass is 412 g/mol. The van der Waals surface area contributed by atoms with Crippen LogP contribution in [0.25, 0.3) is 11.3 Å². The van der Waals surface area contributed by atoms with Gasteiger partial charge < -0.3 is 14.6 Å². The van der Waals surface area contributed by atoms with Gasteiger partial charge in [0.2, 0.25) is 0 Å². The molecule has 1 aromatic heterocycles. The van der Waals surface area contributed by atoms with Crippen molar-refractivity contribution in [2.75, 3.05) is 6.61 Å². The van der Waals surface area contributed by atoms with Gasteiger partial charge in [0.25, 0.3) is 5.91 Å². The summed E-state index contributed by atoms with van der Waals surface area (Å²) < 4.78 is 37.0. The molecule has 0 unspecified atom stereocenters. The summed E-state index contributed by atoms with van der Waals surface area (Å²) in [6.45, 7) is -0.221. The fourth-order valence-electron chi connectivity index (χ4n) is 2.19. The second kappa shape index (κ2) is 8.37. The summed E-state index contributed by atoms with van der Waals surface area (Å²) in [6.07, 6.45) is 0. The topological polar surface area (TPSA) is 64.4 Å². The predicted molar refractivity (Wildman–Crippen MR) is 95.7 cm³/mol. The highest BCUT2D eigenvalue weighted by Gasteiger charge is 2.13. The van der Waals surface area contributed by atoms with Crippen LogP contribution in [0.3, 0.4) is 0 Å². The van der Waals surface area contributed by atoms with E-state index in [1.807, 2.05) is 0 Å². The van der Waals surface area contributed by atoms with Crippen LogP contribution in [0.2, 0.25) is 10.0 Å². The number of nitrogens with zero attached hydrogens (tertiary/aromatic N) is 1. The number of nitrogens with one attached hydrogen (secondary N) is 1. The van der Waals surface area contributed by atoms with Gasteiger partial charge in [0.1, 0.15) is 23.1 Å². The first-order chi connectivity index (χ1) is 12.9. The van der Waals surface area contributed by atoms with Crippen molar-refractivity contribution in [3.63, 3.8) is 0 Å². The van der Waals surface area contributed by atoms with E-state index in [0.29, 0.717) is 16.5 Å². The van der Waals surface area contributed by atoms with Crippen LogP contribution in [0.4, 0.5) is 8.78 Å². The Hall–Kier alpha value is -2.64. The quantitative estimate of drug-likeness (QED) is 0.641. The van der Waals surface area contributed by atoms with Crippen molar-refractivity contribution in [3.05, 3.63) is 69.8 Å². The van der Waals surface area contributed by atoms with Gasteiger partial charge in [-0.25, -0.2) is 8.78 Å². The predicted octanol–water partition coefficient (Wildman–Crippen LogP) is 4.62. The summed E-state index contributed by atoms with van der Waals surface area (Å²) in [5.74, 6) is -1.43. The van der Waals surface area contributed by atoms with E-state index in [1.54, 1.807) is 12.1 Å². The molecule has 0 aliphatic carbocycles. The molecule has 0 spiro atoms. The Morgan fingerprint density at radius 3 is 2.70 bits per heavy atom. The first-order valence-corrected chi connectivity index (χ1v) is 8.43. The van der Waals surface area contributed by atoms with Gasteiger partial charge in [0, 0.05) is 17.2 Å². The van der Waals surface area contributed by atoms with Crippen molar-refractivity contribution in [2.45, 2.75) is 6.54 Å². The van der Waals surface area contributed by atoms with Gasteiger partial charge in [-0.3, -0.25) is 4.79 Å². The highest BCUT2D eigenvalue weighted by Crippen LogP contribution is 2.27. The number of ether oxygens (including phenoxy) is 1. The van der Waals surface area contributed by atoms with Gasteiger partial charge >= 0.3 is 0 Å². The molecule has 1 heterocycles. The lowest BCUT2D eigenvalue weighted by Gasteiger charge is -2.08. The van der Waals surface area contributed by atoms with Crippen LogP contribution in [-0.2, 0) is 11.3 Å². The fraction of sp³-hybridized carbons (Fsp3) is 0.111. The first kappa shape index (κ1) is 19.1. The molecule has 140 valence electrons. The normalized spacial score (nSPS) is 10.7. The van der Waals surface area contributed by atoms with Crippen LogP contribution < -0.4 is 10.1 Å². The fourth-order valence-corrected chi connectivity index (χ4v) is 2.65. The number of hydrogen-bond acceptors (Lipinski definition) is 4. The zero-order valence-electron chi connectivity index (χ0n) is 13.6. The van der Waals surface area contributed by atoms with Crippen molar-refractivity contribution in [1.29, 1.82) is 0 Å². The zero-order chi connectivity index (χ0) is 19.4. The van der Waals surface area contributed by atoms with Crippen LogP contribution in [0.5, 0.6) is 5.75 Å². The third-order valence-electron chi connectivity index (χ3n) is 3.47. The molecule has 0 aliphatic rings. The molecule has 3 rings (SSSR count). The van der Waals surface area contributed by atoms with Crippen molar-refractivity contribution >= 4 is 29.1 Å². The molecule has 0 saturated heterocycles. The maximum absolute atomic E-state index is 13.7. The molecule has 0 radical (unpaired) electrons. The molecule has 5 nitrogen and oxygen atoms in total. The summed E-state index contributed by atoms with van der Waals surface area (Å²) in [5.41, 5.74) is 0.439. The molecule has 2 aromatic carbocycles. The standard InChI is InChI=1S/C18H12Cl2F2N2O3/c19-10-1-4-16(14(20)5-10)26-9-18(25)23-8-12-7-17(27-24-12)13-3-2-11(21)6-15(13)22/h1-7H,8-9H2,(H,23,25). The van der Waals surface area contributed by atoms with Crippen molar-refractivity contribution in [1.82, 2.24) is 10.5 Å². The smallest absolute Gasteiger partial charge is 0.258 e. The molecule has 0 aliphatic heterocycles. The zero-order valence-corrected chi connectivity index (χ0v) is 15.2. The molecule has 3 aromatic rings. The van der Waals surface area contributed by atoms with Crippen molar-refractivity contribution < 1.29 is 22.8 Å². The molecule has 1 amide bonds. The lowest BCUT2D eigenvalue weighted by molar-refractivity contribution is -0.123. The molecule has 0 saturated carbocycles. The summed E-state index contributed by atoms with van der Waals surface area (Å²) in [4.78, 5) is 11.9. The van der Waals surface area contributed by atoms with Gasteiger partial charge in [-0.1, -0.05) is 28.4 Å². The van der Waals surface area contributed by atoms with Crippen molar-refractivity contribution in [3.8, 4) is 17.1 Å². The Kier molecular flexibility index (Phi) is 5.93. The SMILES string of the molecule is O=C(COc1ccc(Cl)cc1Cl)NCc1cc(-c2ccc(F)cc2F)on1. The molecule has 27 heavy (non-hydrogen) atoms. The molecular formula is C18H12Cl2F2N2O3. The summed E-state index contributed by atoms with van der Waals surface area (Å²) in [5, 5.41) is 7.07. The number of halogens is 4. The van der Waals surface area contributed by atoms with E-state index in [-0.39, 0.29) is 29.5 Å². The lowest BCUT2D eigenvalue weighted by atomic mass is 10.1. The van der Waals surface area contributed by atoms with Crippen LogP contribution in [-0.4, -0.2) is 17.7 Å². The van der Waals surface area contributed by atoms with Crippen LogP contribution >= 0.6 is 23.2 Å². The molecule has 0 atom stereocenters. The maximum Gasteiger partial charge on any atom is 0.258 e. The van der Waals surface area contributed by atoms with Crippen molar-refractivity contribution in [2.24, 2.45) is 0 Å². The Bertz CT molecular complexity index is 979. The average Bonchev–Trinajstić information content (AvgIpc) is 3.08. The highest BCUT2D eigenvalue weighted by molar-refractivity contribution is 6.35. The summed E-state index contributed by atoms with van der Waals surface area (Å²) in [6, 6.07) is 9.21. The second-order valence-electron chi connectivity index (χ2n) is 5.45. The Morgan fingerprint density at radius 2 is 1.96 bits per heavy atom. The highest BCUT2D eigenvalue weighted by atomic mass is 35.5. The number of amides is 1. The number of hydrogen-bond donors (Lipinski definition) is 1. The number of aromatic nitrogens is 1. The Morgan fingerprint density at radius 1 is 1.15 bits per heavy atom. The third kappa shape index (κ3) is 4.96. The average molecular weight is 413 g/mol. The van der Waals surface area contributed by atoms with Gasteiger partial charge in [0.05, 0.1) is 17.1 Å². The van der Waals surface area contributed by atoms with Gasteiger partial charge in [0.15, 0.2) is 12.4 Å². The minimum atomic E-state index is -0.769. The Balaban J connectivity index is 1.54. The van der Waals surface area contributed by atoms with E-state index in [4.69, 9.17) is 32.5 Å². The van der Waals surface area contributed by atoms with E-state index in [1.165, 1.54) is 18.2 Å². The van der Waals surface area contributed by atoms with Gasteiger partial charge in [-0.05, 0) is 30.3 Å². The largest absolute Gasteiger partial charge is 0.482 e. The number of benzene rings is 2. The third-order valence-corrected chi connectivity index (χ3v) is 4.01. The second-order valence-corrected chi connectivity index (χ2v) is 6.29. The van der Waals surface area contributed by atoms with Crippen LogP contribution in [0, 0.1) is 11.6 Å². The maximum atomic E-state index is 13.7. The number of rotatable bonds is 6. The molecule has 1 N–H and O–H groups in total. The van der Waals surface area contributed by atoms with E-state index in [9.17, 15) is 13.6 Å².